The van der Waals surface area contributed by atoms with Crippen LogP contribution < -0.4 is 9.47 Å². The van der Waals surface area contributed by atoms with Gasteiger partial charge in [0.1, 0.15) is 5.69 Å². The molecule has 1 atom stereocenters. The summed E-state index contributed by atoms with van der Waals surface area (Å²) in [4.78, 5) is 11.8. The van der Waals surface area contributed by atoms with Crippen LogP contribution in [0.3, 0.4) is 0 Å². The first-order chi connectivity index (χ1) is 21.6. The van der Waals surface area contributed by atoms with Gasteiger partial charge in [-0.3, -0.25) is 4.79 Å². The summed E-state index contributed by atoms with van der Waals surface area (Å²) in [7, 11) is 1.59. The van der Waals surface area contributed by atoms with Gasteiger partial charge in [0.2, 0.25) is 0 Å². The molecule has 5 aromatic rings. The number of phenolic OH excluding ortho intramolecular Hbond substituents is 1. The summed E-state index contributed by atoms with van der Waals surface area (Å²) in [5.41, 5.74) is 3.15. The van der Waals surface area contributed by atoms with E-state index >= 15 is 0 Å². The van der Waals surface area contributed by atoms with Crippen LogP contribution in [0.5, 0.6) is 17.2 Å². The van der Waals surface area contributed by atoms with Crippen molar-refractivity contribution in [1.82, 2.24) is 15.4 Å². The molecule has 0 spiro atoms. The summed E-state index contributed by atoms with van der Waals surface area (Å²) in [6.45, 7) is 5.10. The number of aromatic nitrogens is 3. The molecule has 7 nitrogen and oxygen atoms in total. The number of benzene rings is 4. The van der Waals surface area contributed by atoms with Gasteiger partial charge in [0.05, 0.1) is 19.9 Å². The van der Waals surface area contributed by atoms with Crippen LogP contribution in [-0.2, 0) is 0 Å². The molecule has 0 saturated carbocycles. The first-order valence-electron chi connectivity index (χ1n) is 14.9. The minimum atomic E-state index is 0.0752. The Kier molecular flexibility index (Phi) is 14.6. The van der Waals surface area contributed by atoms with Crippen molar-refractivity contribution in [2.24, 2.45) is 5.92 Å². The SMILES string of the molecule is CCCCC(CC)COc1ccccc1O.COc1cnnnc1-c1ccccc1.O=C(c1ccccc1)c1ccccc1. The maximum absolute atomic E-state index is 11.8. The zero-order valence-electron chi connectivity index (χ0n) is 25.7. The van der Waals surface area contributed by atoms with Gasteiger partial charge in [0.25, 0.3) is 0 Å². The van der Waals surface area contributed by atoms with Gasteiger partial charge in [-0.1, -0.05) is 136 Å². The van der Waals surface area contributed by atoms with Gasteiger partial charge in [0, 0.05) is 16.7 Å². The van der Waals surface area contributed by atoms with Crippen molar-refractivity contribution in [1.29, 1.82) is 0 Å². The Morgan fingerprint density at radius 3 is 1.89 bits per heavy atom. The van der Waals surface area contributed by atoms with E-state index in [0.29, 0.717) is 29.7 Å². The number of phenols is 1. The number of unbranched alkanes of at least 4 members (excludes halogenated alkanes) is 1. The predicted octanol–water partition coefficient (Wildman–Crippen LogP) is 8.45. The third-order valence-electron chi connectivity index (χ3n) is 6.83. The van der Waals surface area contributed by atoms with Crippen LogP contribution in [0.2, 0.25) is 0 Å². The van der Waals surface area contributed by atoms with Crippen molar-refractivity contribution in [3.63, 3.8) is 0 Å². The Bertz CT molecular complexity index is 1460. The van der Waals surface area contributed by atoms with E-state index in [2.05, 4.69) is 29.3 Å². The van der Waals surface area contributed by atoms with Crippen molar-refractivity contribution in [3.05, 3.63) is 133 Å². The van der Waals surface area contributed by atoms with E-state index in [4.69, 9.17) is 9.47 Å². The zero-order chi connectivity index (χ0) is 31.4. The number of para-hydroxylation sites is 2. The number of rotatable bonds is 11. The average molecular weight is 592 g/mol. The molecule has 1 N–H and O–H groups in total. The van der Waals surface area contributed by atoms with Crippen molar-refractivity contribution < 1.29 is 19.4 Å². The van der Waals surface area contributed by atoms with Gasteiger partial charge in [-0.05, 0) is 29.7 Å². The highest BCUT2D eigenvalue weighted by molar-refractivity contribution is 6.08. The fraction of sp³-hybridized carbons (Fsp3) is 0.243. The van der Waals surface area contributed by atoms with E-state index in [9.17, 15) is 9.90 Å². The van der Waals surface area contributed by atoms with Crippen LogP contribution >= 0.6 is 0 Å². The Morgan fingerprint density at radius 1 is 0.773 bits per heavy atom. The molecule has 0 radical (unpaired) electrons. The molecule has 1 heterocycles. The van der Waals surface area contributed by atoms with Crippen LogP contribution in [0.15, 0.2) is 121 Å². The first-order valence-corrected chi connectivity index (χ1v) is 14.9. The topological polar surface area (TPSA) is 94.4 Å². The number of hydrogen-bond donors (Lipinski definition) is 1. The Labute approximate surface area is 260 Å². The van der Waals surface area contributed by atoms with E-state index in [1.807, 2.05) is 103 Å². The summed E-state index contributed by atoms with van der Waals surface area (Å²) < 4.78 is 10.8. The van der Waals surface area contributed by atoms with Crippen molar-refractivity contribution in [2.45, 2.75) is 39.5 Å². The second kappa shape index (κ2) is 19.2. The minimum Gasteiger partial charge on any atom is -0.504 e. The van der Waals surface area contributed by atoms with Gasteiger partial charge in [-0.2, -0.15) is 0 Å². The Hall–Kier alpha value is -5.04. The molecule has 0 bridgehead atoms. The van der Waals surface area contributed by atoms with E-state index in [0.717, 1.165) is 23.1 Å². The van der Waals surface area contributed by atoms with Gasteiger partial charge in [-0.25, -0.2) is 0 Å². The standard InChI is InChI=1S/C14H22O2.C13H10O.C10H9N3O/c1-3-5-8-12(4-2)11-16-14-10-7-6-9-13(14)15;14-13(11-7-3-1-4-8-11)12-9-5-2-6-10-12;1-14-9-7-11-13-12-10(9)8-5-3-2-4-6-8/h6-7,9-10,12,15H,3-5,8,11H2,1-2H3;1-10H;2-7H,1H3. The molecule has 5 rings (SSSR count). The van der Waals surface area contributed by atoms with Crippen molar-refractivity contribution in [2.75, 3.05) is 13.7 Å². The molecule has 4 aromatic carbocycles. The molecular weight excluding hydrogens is 550 g/mol. The van der Waals surface area contributed by atoms with E-state index in [1.54, 1.807) is 25.4 Å². The van der Waals surface area contributed by atoms with Crippen molar-refractivity contribution in [3.8, 4) is 28.5 Å². The van der Waals surface area contributed by atoms with Crippen LogP contribution in [0.1, 0.15) is 55.5 Å². The van der Waals surface area contributed by atoms with E-state index < -0.39 is 0 Å². The van der Waals surface area contributed by atoms with Crippen LogP contribution in [0.25, 0.3) is 11.3 Å². The lowest BCUT2D eigenvalue weighted by atomic mass is 10.0. The lowest BCUT2D eigenvalue weighted by Gasteiger charge is -2.15. The van der Waals surface area contributed by atoms with Gasteiger partial charge < -0.3 is 14.6 Å². The van der Waals surface area contributed by atoms with Gasteiger partial charge >= 0.3 is 0 Å². The highest BCUT2D eigenvalue weighted by Gasteiger charge is 2.09. The number of carbonyl (C=O) groups is 1. The molecule has 0 aliphatic heterocycles. The third-order valence-corrected chi connectivity index (χ3v) is 6.83. The quantitative estimate of drug-likeness (QED) is 0.154. The molecule has 228 valence electrons. The van der Waals surface area contributed by atoms with Gasteiger partial charge in [0.15, 0.2) is 23.0 Å². The molecular formula is C37H41N3O4. The van der Waals surface area contributed by atoms with Crippen molar-refractivity contribution >= 4 is 5.78 Å². The molecule has 7 heteroatoms. The fourth-order valence-corrected chi connectivity index (χ4v) is 4.24. The minimum absolute atomic E-state index is 0.0752. The highest BCUT2D eigenvalue weighted by Crippen LogP contribution is 2.26. The van der Waals surface area contributed by atoms with E-state index in [1.165, 1.54) is 19.3 Å². The number of hydrogen-bond acceptors (Lipinski definition) is 7. The lowest BCUT2D eigenvalue weighted by Crippen LogP contribution is -2.11. The number of nitrogens with zero attached hydrogens (tertiary/aromatic N) is 3. The molecule has 44 heavy (non-hydrogen) atoms. The van der Waals surface area contributed by atoms with Crippen LogP contribution in [0, 0.1) is 5.92 Å². The molecule has 1 aromatic heterocycles. The second-order valence-electron chi connectivity index (χ2n) is 9.97. The monoisotopic (exact) mass is 591 g/mol. The molecule has 0 aliphatic carbocycles. The van der Waals surface area contributed by atoms with Crippen LogP contribution in [0.4, 0.5) is 0 Å². The fourth-order valence-electron chi connectivity index (χ4n) is 4.24. The second-order valence-corrected chi connectivity index (χ2v) is 9.97. The smallest absolute Gasteiger partial charge is 0.193 e. The Balaban J connectivity index is 0.000000181. The summed E-state index contributed by atoms with van der Waals surface area (Å²) in [6.07, 6.45) is 6.37. The molecule has 1 unspecified atom stereocenters. The average Bonchev–Trinajstić information content (AvgIpc) is 3.10. The summed E-state index contributed by atoms with van der Waals surface area (Å²) in [5.74, 6) is 2.13. The maximum atomic E-state index is 11.8. The normalized spacial score (nSPS) is 10.7. The predicted molar refractivity (Wildman–Crippen MR) is 175 cm³/mol. The number of aromatic hydroxyl groups is 1. The largest absolute Gasteiger partial charge is 0.504 e. The molecule has 0 saturated heterocycles. The summed E-state index contributed by atoms with van der Waals surface area (Å²) in [6, 6.07) is 35.5. The number of methoxy groups -OCH3 is 1. The number of carbonyl (C=O) groups excluding carboxylic acids is 1. The van der Waals surface area contributed by atoms with E-state index in [-0.39, 0.29) is 11.5 Å². The van der Waals surface area contributed by atoms with Gasteiger partial charge in [-0.15, -0.1) is 10.2 Å². The molecule has 0 aliphatic rings. The first kappa shape index (κ1) is 33.5. The molecule has 0 fully saturated rings. The number of ketones is 1. The third kappa shape index (κ3) is 11.0. The number of ether oxygens (including phenoxy) is 2. The lowest BCUT2D eigenvalue weighted by molar-refractivity contribution is 0.103. The highest BCUT2D eigenvalue weighted by atomic mass is 16.5. The Morgan fingerprint density at radius 2 is 1.34 bits per heavy atom. The zero-order valence-corrected chi connectivity index (χ0v) is 25.7. The summed E-state index contributed by atoms with van der Waals surface area (Å²) in [5, 5.41) is 20.7. The summed E-state index contributed by atoms with van der Waals surface area (Å²) >= 11 is 0. The molecule has 0 amide bonds. The van der Waals surface area contributed by atoms with Crippen LogP contribution in [-0.4, -0.2) is 40.0 Å². The maximum Gasteiger partial charge on any atom is 0.193 e.